The molecule has 1 fully saturated rings. The van der Waals surface area contributed by atoms with Gasteiger partial charge < -0.3 is 10.0 Å². The molecule has 7 heteroatoms. The number of aryl methyl sites for hydroxylation is 1. The molecule has 3 rings (SSSR count). The Kier molecular flexibility index (Phi) is 6.29. The van der Waals surface area contributed by atoms with E-state index in [2.05, 4.69) is 0 Å². The van der Waals surface area contributed by atoms with Crippen molar-refractivity contribution in [1.29, 1.82) is 0 Å². The van der Waals surface area contributed by atoms with Gasteiger partial charge in [-0.1, -0.05) is 31.0 Å². The van der Waals surface area contributed by atoms with Gasteiger partial charge in [0, 0.05) is 19.7 Å². The zero-order valence-corrected chi connectivity index (χ0v) is 17.9. The Balaban J connectivity index is 1.87. The predicted molar refractivity (Wildman–Crippen MR) is 114 cm³/mol. The van der Waals surface area contributed by atoms with Gasteiger partial charge in [0.2, 0.25) is 0 Å². The molecule has 1 saturated carbocycles. The summed E-state index contributed by atoms with van der Waals surface area (Å²) in [7, 11) is -0.642. The first-order chi connectivity index (χ1) is 13.7. The Bertz CT molecular complexity index is 990. The first-order valence-electron chi connectivity index (χ1n) is 9.82. The molecule has 29 heavy (non-hydrogen) atoms. The van der Waals surface area contributed by atoms with E-state index in [0.717, 1.165) is 24.8 Å². The normalized spacial score (nSPS) is 19.6. The minimum atomic E-state index is -3.81. The summed E-state index contributed by atoms with van der Waals surface area (Å²) in [6.07, 6.45) is 2.81. The van der Waals surface area contributed by atoms with Gasteiger partial charge in [-0.15, -0.1) is 0 Å². The van der Waals surface area contributed by atoms with Crippen molar-refractivity contribution in [3.05, 3.63) is 59.7 Å². The Labute approximate surface area is 172 Å². The van der Waals surface area contributed by atoms with Crippen molar-refractivity contribution >= 4 is 21.6 Å². The second-order valence-corrected chi connectivity index (χ2v) is 9.64. The van der Waals surface area contributed by atoms with Crippen LogP contribution in [0.25, 0.3) is 0 Å². The number of amides is 1. The largest absolute Gasteiger partial charge is 0.391 e. The Morgan fingerprint density at radius 3 is 2.41 bits per heavy atom. The summed E-state index contributed by atoms with van der Waals surface area (Å²) in [6.45, 7) is 1.90. The molecule has 0 spiro atoms. The predicted octanol–water partition coefficient (Wildman–Crippen LogP) is 3.20. The summed E-state index contributed by atoms with van der Waals surface area (Å²) in [6, 6.07) is 13.1. The third-order valence-corrected chi connectivity index (χ3v) is 7.40. The molecule has 1 amide bonds. The van der Waals surface area contributed by atoms with Crippen LogP contribution >= 0.6 is 0 Å². The second kappa shape index (κ2) is 8.55. The molecule has 1 aliphatic carbocycles. The van der Waals surface area contributed by atoms with Crippen molar-refractivity contribution in [2.24, 2.45) is 0 Å². The summed E-state index contributed by atoms with van der Waals surface area (Å²) < 4.78 is 27.4. The van der Waals surface area contributed by atoms with Crippen LogP contribution in [0.4, 0.5) is 5.69 Å². The van der Waals surface area contributed by atoms with E-state index in [1.807, 2.05) is 13.0 Å². The SMILES string of the molecule is Cc1cccc(N(C)S(=O)(=O)c2cccc(C(=O)N(C)[C@@H]3CCCC[C@H]3O)c2)c1. The average molecular weight is 417 g/mol. The number of hydrogen-bond acceptors (Lipinski definition) is 4. The van der Waals surface area contributed by atoms with Gasteiger partial charge in [-0.05, 0) is 55.7 Å². The lowest BCUT2D eigenvalue weighted by atomic mass is 9.91. The number of anilines is 1. The highest BCUT2D eigenvalue weighted by atomic mass is 32.2. The van der Waals surface area contributed by atoms with Crippen LogP contribution in [-0.2, 0) is 10.0 Å². The molecule has 0 aromatic heterocycles. The topological polar surface area (TPSA) is 77.9 Å². The number of aliphatic hydroxyl groups is 1. The van der Waals surface area contributed by atoms with Crippen molar-refractivity contribution in [3.8, 4) is 0 Å². The number of carbonyl (C=O) groups excluding carboxylic acids is 1. The van der Waals surface area contributed by atoms with E-state index in [0.29, 0.717) is 17.7 Å². The highest BCUT2D eigenvalue weighted by molar-refractivity contribution is 7.92. The maximum atomic E-state index is 13.1. The molecular weight excluding hydrogens is 388 g/mol. The van der Waals surface area contributed by atoms with E-state index in [4.69, 9.17) is 0 Å². The van der Waals surface area contributed by atoms with Crippen LogP contribution < -0.4 is 4.31 Å². The monoisotopic (exact) mass is 416 g/mol. The van der Waals surface area contributed by atoms with Crippen LogP contribution in [0.15, 0.2) is 53.4 Å². The summed E-state index contributed by atoms with van der Waals surface area (Å²) in [5, 5.41) is 10.2. The lowest BCUT2D eigenvalue weighted by Gasteiger charge is -2.35. The Morgan fingerprint density at radius 2 is 1.72 bits per heavy atom. The number of aliphatic hydroxyl groups excluding tert-OH is 1. The minimum absolute atomic E-state index is 0.0601. The number of benzene rings is 2. The zero-order valence-electron chi connectivity index (χ0n) is 17.1. The molecule has 0 radical (unpaired) electrons. The van der Waals surface area contributed by atoms with Crippen molar-refractivity contribution < 1.29 is 18.3 Å². The van der Waals surface area contributed by atoms with Gasteiger partial charge in [0.05, 0.1) is 22.7 Å². The van der Waals surface area contributed by atoms with Gasteiger partial charge in [0.25, 0.3) is 15.9 Å². The fraction of sp³-hybridized carbons (Fsp3) is 0.409. The molecular formula is C22H28N2O4S. The Morgan fingerprint density at radius 1 is 1.03 bits per heavy atom. The van der Waals surface area contributed by atoms with Crippen molar-refractivity contribution in [2.75, 3.05) is 18.4 Å². The lowest BCUT2D eigenvalue weighted by Crippen LogP contribution is -2.46. The van der Waals surface area contributed by atoms with E-state index in [1.165, 1.54) is 23.5 Å². The summed E-state index contributed by atoms with van der Waals surface area (Å²) >= 11 is 0. The first kappa shape index (κ1) is 21.3. The first-order valence-corrected chi connectivity index (χ1v) is 11.3. The third kappa shape index (κ3) is 4.46. The van der Waals surface area contributed by atoms with Gasteiger partial charge in [-0.3, -0.25) is 9.10 Å². The van der Waals surface area contributed by atoms with Crippen LogP contribution in [0, 0.1) is 6.92 Å². The van der Waals surface area contributed by atoms with Crippen LogP contribution in [0.2, 0.25) is 0 Å². The molecule has 0 unspecified atom stereocenters. The number of likely N-dealkylation sites (N-methyl/N-ethyl adjacent to an activating group) is 1. The van der Waals surface area contributed by atoms with Gasteiger partial charge >= 0.3 is 0 Å². The fourth-order valence-corrected chi connectivity index (χ4v) is 5.04. The van der Waals surface area contributed by atoms with Crippen LogP contribution in [0.1, 0.15) is 41.6 Å². The molecule has 2 aromatic rings. The minimum Gasteiger partial charge on any atom is -0.391 e. The van der Waals surface area contributed by atoms with Gasteiger partial charge in [0.1, 0.15) is 0 Å². The molecule has 0 aliphatic heterocycles. The van der Waals surface area contributed by atoms with Crippen LogP contribution in [-0.4, -0.2) is 50.6 Å². The lowest BCUT2D eigenvalue weighted by molar-refractivity contribution is 0.0268. The van der Waals surface area contributed by atoms with E-state index in [1.54, 1.807) is 42.3 Å². The summed E-state index contributed by atoms with van der Waals surface area (Å²) in [4.78, 5) is 14.6. The van der Waals surface area contributed by atoms with Crippen molar-refractivity contribution in [1.82, 2.24) is 4.90 Å². The van der Waals surface area contributed by atoms with Crippen LogP contribution in [0.3, 0.4) is 0 Å². The van der Waals surface area contributed by atoms with E-state index >= 15 is 0 Å². The number of nitrogens with zero attached hydrogens (tertiary/aromatic N) is 2. The second-order valence-electron chi connectivity index (χ2n) is 7.67. The zero-order chi connectivity index (χ0) is 21.2. The molecule has 0 heterocycles. The number of sulfonamides is 1. The standard InChI is InChI=1S/C22H28N2O4S/c1-16-8-6-10-18(14-16)24(3)29(27,28)19-11-7-9-17(15-19)22(26)23(2)20-12-4-5-13-21(20)25/h6-11,14-15,20-21,25H,4-5,12-13H2,1-3H3/t20-,21-/m1/s1. The van der Waals surface area contributed by atoms with E-state index < -0.39 is 16.1 Å². The molecule has 1 aliphatic rings. The summed E-state index contributed by atoms with van der Waals surface area (Å²) in [5.74, 6) is -0.286. The van der Waals surface area contributed by atoms with E-state index in [9.17, 15) is 18.3 Å². The molecule has 2 atom stereocenters. The molecule has 1 N–H and O–H groups in total. The Hall–Kier alpha value is -2.38. The number of hydrogen-bond donors (Lipinski definition) is 1. The fourth-order valence-electron chi connectivity index (χ4n) is 3.81. The maximum absolute atomic E-state index is 13.1. The van der Waals surface area contributed by atoms with Crippen LogP contribution in [0.5, 0.6) is 0 Å². The molecule has 156 valence electrons. The number of carbonyl (C=O) groups is 1. The highest BCUT2D eigenvalue weighted by Crippen LogP contribution is 2.26. The molecule has 6 nitrogen and oxygen atoms in total. The average Bonchev–Trinajstić information content (AvgIpc) is 2.72. The van der Waals surface area contributed by atoms with Gasteiger partial charge in [-0.25, -0.2) is 8.42 Å². The van der Waals surface area contributed by atoms with Crippen molar-refractivity contribution in [3.63, 3.8) is 0 Å². The highest BCUT2D eigenvalue weighted by Gasteiger charge is 2.30. The van der Waals surface area contributed by atoms with E-state index in [-0.39, 0.29) is 16.8 Å². The van der Waals surface area contributed by atoms with Gasteiger partial charge in [-0.2, -0.15) is 0 Å². The smallest absolute Gasteiger partial charge is 0.264 e. The molecule has 2 aromatic carbocycles. The number of rotatable bonds is 5. The quantitative estimate of drug-likeness (QED) is 0.812. The van der Waals surface area contributed by atoms with Gasteiger partial charge in [0.15, 0.2) is 0 Å². The van der Waals surface area contributed by atoms with Crippen molar-refractivity contribution in [2.45, 2.75) is 49.6 Å². The third-order valence-electron chi connectivity index (χ3n) is 5.62. The molecule has 0 saturated heterocycles. The maximum Gasteiger partial charge on any atom is 0.264 e. The molecule has 0 bridgehead atoms. The summed E-state index contributed by atoms with van der Waals surface area (Å²) in [5.41, 5.74) is 1.81.